The number of likely N-dealkylation sites (N-methyl/N-ethyl adjacent to an activating group) is 2. The quantitative estimate of drug-likeness (QED) is 0.0870. The molecule has 48 heteroatoms. The largest absolute Gasteiger partial charge is 0.460 e. The number of amides is 2. The highest BCUT2D eigenvalue weighted by Crippen LogP contribution is 2.67. The molecule has 0 fully saturated rings. The minimum atomic E-state index is -9.15. The number of ether oxygens (including phenoxy) is 2. The van der Waals surface area contributed by atoms with E-state index in [-0.39, 0.29) is 19.4 Å². The fourth-order valence-corrected chi connectivity index (χ4v) is 8.32. The van der Waals surface area contributed by atoms with Crippen LogP contribution in [0.1, 0.15) is 19.4 Å². The number of rotatable bonds is 26. The number of halogens is 34. The Morgan fingerprint density at radius 1 is 0.407 bits per heavy atom. The van der Waals surface area contributed by atoms with E-state index in [4.69, 9.17) is 0 Å². The van der Waals surface area contributed by atoms with Crippen molar-refractivity contribution in [3.05, 3.63) is 23.8 Å². The molecule has 0 aliphatic rings. The molecular formula is C33H26F34N4O8S2. The van der Waals surface area contributed by atoms with Crippen molar-refractivity contribution in [2.24, 2.45) is 0 Å². The third-order valence-corrected chi connectivity index (χ3v) is 14.3. The summed E-state index contributed by atoms with van der Waals surface area (Å²) in [7, 11) is -15.7. The predicted molar refractivity (Wildman–Crippen MR) is 195 cm³/mol. The molecule has 1 aromatic carbocycles. The van der Waals surface area contributed by atoms with Crippen LogP contribution < -0.4 is 10.6 Å². The van der Waals surface area contributed by atoms with Gasteiger partial charge in [0.25, 0.3) is 20.0 Å². The van der Waals surface area contributed by atoms with Gasteiger partial charge in [0.15, 0.2) is 0 Å². The number of carbonyl (C=O) groups excluding carboxylic acids is 2. The molecule has 0 atom stereocenters. The molecule has 0 unspecified atom stereocenters. The lowest BCUT2D eigenvalue weighted by molar-refractivity contribution is -0.458. The molecule has 2 amide bonds. The Bertz CT molecular complexity index is 2660. The summed E-state index contributed by atoms with van der Waals surface area (Å²) in [6, 6.07) is 2.15. The number of sulfonamides is 2. The molecule has 81 heavy (non-hydrogen) atoms. The van der Waals surface area contributed by atoms with Gasteiger partial charge < -0.3 is 9.47 Å². The van der Waals surface area contributed by atoms with Crippen LogP contribution in [0.4, 0.5) is 170 Å². The van der Waals surface area contributed by atoms with Crippen molar-refractivity contribution >= 4 is 43.6 Å². The van der Waals surface area contributed by atoms with Gasteiger partial charge in [0.1, 0.15) is 13.2 Å². The van der Waals surface area contributed by atoms with Crippen LogP contribution in [-0.4, -0.2) is 171 Å². The molecule has 0 aliphatic carbocycles. The first kappa shape index (κ1) is 74.2. The predicted octanol–water partition coefficient (Wildman–Crippen LogP) is 12.3. The van der Waals surface area contributed by atoms with E-state index < -0.39 is 186 Å². The zero-order valence-corrected chi connectivity index (χ0v) is 39.9. The van der Waals surface area contributed by atoms with E-state index in [9.17, 15) is 176 Å². The third-order valence-electron chi connectivity index (χ3n) is 10.3. The molecule has 1 aromatic rings. The molecule has 0 heterocycles. The van der Waals surface area contributed by atoms with E-state index in [1.807, 2.05) is 0 Å². The fraction of sp³-hybridized carbons (Fsp3) is 0.758. The second kappa shape index (κ2) is 22.0. The Hall–Kier alpha value is -4.80. The molecule has 0 radical (unpaired) electrons. The maximum absolute atomic E-state index is 14.7. The van der Waals surface area contributed by atoms with Gasteiger partial charge in [0.05, 0.1) is 0 Å². The van der Waals surface area contributed by atoms with Crippen molar-refractivity contribution in [3.63, 3.8) is 0 Å². The number of nitrogens with one attached hydrogen (secondary N) is 2. The smallest absolute Gasteiger partial charge is 0.448 e. The first-order valence-electron chi connectivity index (χ1n) is 19.7. The Kier molecular flexibility index (Phi) is 20.2. The molecule has 0 saturated carbocycles. The average Bonchev–Trinajstić information content (AvgIpc) is 3.28. The Balaban J connectivity index is 3.29. The molecule has 1 rings (SSSR count). The number of alkyl halides is 34. The lowest BCUT2D eigenvalue weighted by atomic mass is 9.91. The summed E-state index contributed by atoms with van der Waals surface area (Å²) in [5, 5.41) is -12.7. The van der Waals surface area contributed by atoms with Crippen LogP contribution in [0.3, 0.4) is 0 Å². The van der Waals surface area contributed by atoms with E-state index in [1.165, 1.54) is 0 Å². The number of carbonyl (C=O) groups is 2. The Labute approximate surface area is 426 Å². The number of hydrogen-bond acceptors (Lipinski definition) is 8. The van der Waals surface area contributed by atoms with Crippen LogP contribution in [0.2, 0.25) is 0 Å². The van der Waals surface area contributed by atoms with E-state index in [0.717, 1.165) is 19.1 Å². The van der Waals surface area contributed by atoms with Crippen molar-refractivity contribution in [1.82, 2.24) is 8.61 Å². The number of benzene rings is 1. The monoisotopic (exact) mass is 1320 g/mol. The Morgan fingerprint density at radius 3 is 0.914 bits per heavy atom. The minimum Gasteiger partial charge on any atom is -0.448 e. The number of nitrogens with zero attached hydrogens (tertiary/aromatic N) is 2. The summed E-state index contributed by atoms with van der Waals surface area (Å²) in [5.41, 5.74) is -1.60. The summed E-state index contributed by atoms with van der Waals surface area (Å²) in [6.07, 6.45) is -20.1. The van der Waals surface area contributed by atoms with Gasteiger partial charge in [-0.2, -0.15) is 158 Å². The average molecular weight is 1320 g/mol. The molecule has 0 aromatic heterocycles. The summed E-state index contributed by atoms with van der Waals surface area (Å²) in [4.78, 5) is 24.6. The molecule has 0 bridgehead atoms. The lowest BCUT2D eigenvalue weighted by Crippen LogP contribution is -2.75. The van der Waals surface area contributed by atoms with Crippen molar-refractivity contribution in [2.75, 3.05) is 50.0 Å². The summed E-state index contributed by atoms with van der Waals surface area (Å²) in [6.45, 7) is -9.58. The molecule has 12 nitrogen and oxygen atoms in total. The summed E-state index contributed by atoms with van der Waals surface area (Å²) in [5.74, 6) is -107. The maximum atomic E-state index is 14.7. The first-order chi connectivity index (χ1) is 35.3. The molecule has 2 N–H and O–H groups in total. The Morgan fingerprint density at radius 2 is 0.654 bits per heavy atom. The topological polar surface area (TPSA) is 151 Å². The van der Waals surface area contributed by atoms with Gasteiger partial charge in [-0.15, -0.1) is 0 Å². The van der Waals surface area contributed by atoms with Crippen LogP contribution >= 0.6 is 0 Å². The highest BCUT2D eigenvalue weighted by atomic mass is 32.2. The summed E-state index contributed by atoms with van der Waals surface area (Å²) < 4.78 is 521. The highest BCUT2D eigenvalue weighted by molar-refractivity contribution is 7.90. The van der Waals surface area contributed by atoms with Crippen LogP contribution in [-0.2, 0) is 29.5 Å². The maximum Gasteiger partial charge on any atom is 0.460 e. The van der Waals surface area contributed by atoms with Crippen molar-refractivity contribution in [3.8, 4) is 0 Å². The number of hydrogen-bond donors (Lipinski definition) is 2. The first-order valence-corrected chi connectivity index (χ1v) is 22.6. The van der Waals surface area contributed by atoms with Gasteiger partial charge in [-0.05, 0) is 24.6 Å². The number of anilines is 2. The lowest BCUT2D eigenvalue weighted by Gasteiger charge is -2.43. The molecule has 0 saturated heterocycles. The van der Waals surface area contributed by atoms with E-state index in [0.29, 0.717) is 6.07 Å². The van der Waals surface area contributed by atoms with Crippen LogP contribution in [0.25, 0.3) is 0 Å². The van der Waals surface area contributed by atoms with Gasteiger partial charge in [-0.25, -0.2) is 26.4 Å². The number of aryl methyl sites for hydroxylation is 1. The summed E-state index contributed by atoms with van der Waals surface area (Å²) >= 11 is 0. The second-order valence-electron chi connectivity index (χ2n) is 15.5. The van der Waals surface area contributed by atoms with E-state index in [2.05, 4.69) is 9.47 Å². The van der Waals surface area contributed by atoms with E-state index >= 15 is 0 Å². The molecule has 0 spiro atoms. The highest BCUT2D eigenvalue weighted by Gasteiger charge is 2.98. The molecule has 0 aliphatic heterocycles. The van der Waals surface area contributed by atoms with Crippen molar-refractivity contribution < 1.29 is 185 Å². The normalized spacial score (nSPS) is 15.5. The zero-order valence-electron chi connectivity index (χ0n) is 38.3. The van der Waals surface area contributed by atoms with Crippen LogP contribution in [0.5, 0.6) is 0 Å². The van der Waals surface area contributed by atoms with Gasteiger partial charge in [-0.3, -0.25) is 10.6 Å². The van der Waals surface area contributed by atoms with Crippen LogP contribution in [0, 0.1) is 6.92 Å². The molecule has 476 valence electrons. The second-order valence-corrected chi connectivity index (χ2v) is 19.4. The SMILES string of the molecule is CCN(CCOC(=O)Nc1ccc(C)c(NC(=O)OCCN(CC)S(=O)(=O)C(F)(F)C(F)(F)C(F)(F)C(F)(F)C(F)(F)C(F)(F)C(F)(F)C(F)(F)F)c1)S(=O)(=O)C(F)(F)C(F)(F)C(F)(F)C(F)(F)C(F)(F)C(F)(F)C(F)(F)C(F)(F)F. The zero-order chi connectivity index (χ0) is 65.2. The van der Waals surface area contributed by atoms with E-state index in [1.54, 1.807) is 10.6 Å². The van der Waals surface area contributed by atoms with Gasteiger partial charge in [0, 0.05) is 37.6 Å². The standard InChI is InChI=1S/C33H26F34N4O8S2/c1-4-70(80(74,75)32(64,65)28(54,55)24(46,47)20(38,39)18(34,35)22(42,43)26(50,51)30(58,59)60)8-10-78-16(72)68-14-7-6-13(3)15(12-14)69-17(73)79-11-9-71(5-2)81(76,77)33(66,67)29(56,57)25(48,49)21(40,41)19(36,37)23(44,45)27(52,53)31(61,62)63/h6-7,12H,4-5,8-11H2,1-3H3,(H,68,72)(H,69,73). The molecular weight excluding hydrogens is 1290 g/mol. The van der Waals surface area contributed by atoms with Crippen LogP contribution in [0.15, 0.2) is 18.2 Å². The van der Waals surface area contributed by atoms with Gasteiger partial charge in [0.2, 0.25) is 0 Å². The fourth-order valence-electron chi connectivity index (χ4n) is 5.46. The van der Waals surface area contributed by atoms with Gasteiger partial charge >= 0.3 is 106 Å². The third kappa shape index (κ3) is 11.4. The van der Waals surface area contributed by atoms with Crippen molar-refractivity contribution in [2.45, 2.75) is 115 Å². The minimum absolute atomic E-state index is 0.213. The van der Waals surface area contributed by atoms with Crippen molar-refractivity contribution in [1.29, 1.82) is 0 Å². The van der Waals surface area contributed by atoms with Gasteiger partial charge in [-0.1, -0.05) is 19.9 Å².